The Morgan fingerprint density at radius 1 is 1.14 bits per heavy atom. The van der Waals surface area contributed by atoms with Crippen LogP contribution in [-0.4, -0.2) is 62.1 Å². The Morgan fingerprint density at radius 3 is 2.32 bits per heavy atom. The minimum atomic E-state index is -0.799. The molecule has 2 aliphatic heterocycles. The lowest BCUT2D eigenvalue weighted by Gasteiger charge is -2.28. The molecule has 0 unspecified atom stereocenters. The molecule has 0 aromatic carbocycles. The largest absolute Gasteiger partial charge is 0.462 e. The Labute approximate surface area is 128 Å². The molecule has 2 rings (SSSR count). The van der Waals surface area contributed by atoms with Gasteiger partial charge in [-0.05, 0) is 13.8 Å². The third kappa shape index (κ3) is 3.75. The molecule has 2 aliphatic rings. The number of carbonyl (C=O) groups is 2. The van der Waals surface area contributed by atoms with Crippen LogP contribution >= 0.6 is 0 Å². The van der Waals surface area contributed by atoms with Crippen molar-refractivity contribution >= 4 is 11.9 Å². The predicted molar refractivity (Wildman–Crippen MR) is 71.7 cm³/mol. The molecule has 0 aromatic rings. The van der Waals surface area contributed by atoms with Gasteiger partial charge in [-0.3, -0.25) is 9.59 Å². The second kappa shape index (κ2) is 6.49. The summed E-state index contributed by atoms with van der Waals surface area (Å²) in [5, 5.41) is 0. The van der Waals surface area contributed by atoms with E-state index in [9.17, 15) is 9.59 Å². The quantitative estimate of drug-likeness (QED) is 0.672. The van der Waals surface area contributed by atoms with Crippen molar-refractivity contribution in [2.24, 2.45) is 0 Å². The second-order valence-electron chi connectivity index (χ2n) is 5.72. The smallest absolute Gasteiger partial charge is 0.303 e. The fourth-order valence-electron chi connectivity index (χ4n) is 2.69. The van der Waals surface area contributed by atoms with Crippen molar-refractivity contribution in [3.63, 3.8) is 0 Å². The van der Waals surface area contributed by atoms with E-state index in [0.717, 1.165) is 0 Å². The lowest BCUT2D eigenvalue weighted by Crippen LogP contribution is -2.43. The average Bonchev–Trinajstić information content (AvgIpc) is 2.87. The summed E-state index contributed by atoms with van der Waals surface area (Å²) in [6, 6.07) is 0. The summed E-state index contributed by atoms with van der Waals surface area (Å²) in [4.78, 5) is 22.3. The van der Waals surface area contributed by atoms with Gasteiger partial charge in [0.05, 0.1) is 0 Å². The molecule has 0 radical (unpaired) electrons. The average molecular weight is 318 g/mol. The molecule has 8 heteroatoms. The standard InChI is InChI=1S/C14H22O8/c1-7(15)18-6-9(19-8(2)16)10-11-12(13(17-5)20-10)22-14(3,4)21-11/h9-13H,6H2,1-5H3/t9-,10-,11+,12+,13+/m1/s1. The number of rotatable bonds is 5. The van der Waals surface area contributed by atoms with Crippen LogP contribution in [0.3, 0.4) is 0 Å². The van der Waals surface area contributed by atoms with Crippen molar-refractivity contribution in [2.75, 3.05) is 13.7 Å². The molecule has 0 bridgehead atoms. The first-order valence-corrected chi connectivity index (χ1v) is 7.08. The highest BCUT2D eigenvalue weighted by molar-refractivity contribution is 5.67. The van der Waals surface area contributed by atoms with E-state index in [1.807, 2.05) is 0 Å². The SMILES string of the molecule is CO[C@H]1O[C@H]([C@@H](COC(C)=O)OC(C)=O)[C@@H]2OC(C)(C)O[C@H]12. The van der Waals surface area contributed by atoms with Gasteiger partial charge >= 0.3 is 11.9 Å². The van der Waals surface area contributed by atoms with E-state index >= 15 is 0 Å². The van der Waals surface area contributed by atoms with Crippen LogP contribution < -0.4 is 0 Å². The number of esters is 2. The molecule has 2 fully saturated rings. The highest BCUT2D eigenvalue weighted by atomic mass is 16.8. The monoisotopic (exact) mass is 318 g/mol. The number of fused-ring (bicyclic) bond motifs is 1. The second-order valence-corrected chi connectivity index (χ2v) is 5.72. The fourth-order valence-corrected chi connectivity index (χ4v) is 2.69. The summed E-state index contributed by atoms with van der Waals surface area (Å²) in [7, 11) is 1.49. The highest BCUT2D eigenvalue weighted by Gasteiger charge is 2.58. The summed E-state index contributed by atoms with van der Waals surface area (Å²) in [6.45, 7) is 5.99. The zero-order valence-electron chi connectivity index (χ0n) is 13.4. The van der Waals surface area contributed by atoms with Crippen LogP contribution in [-0.2, 0) is 38.0 Å². The molecule has 5 atom stereocenters. The number of hydrogen-bond acceptors (Lipinski definition) is 8. The minimum absolute atomic E-state index is 0.122. The topological polar surface area (TPSA) is 89.5 Å². The first-order chi connectivity index (χ1) is 10.2. The Morgan fingerprint density at radius 2 is 1.77 bits per heavy atom. The van der Waals surface area contributed by atoms with E-state index in [4.69, 9.17) is 28.4 Å². The zero-order chi connectivity index (χ0) is 16.5. The van der Waals surface area contributed by atoms with Crippen molar-refractivity contribution in [1.82, 2.24) is 0 Å². The maximum absolute atomic E-state index is 11.3. The van der Waals surface area contributed by atoms with Gasteiger partial charge in [0.15, 0.2) is 18.2 Å². The van der Waals surface area contributed by atoms with Crippen LogP contribution in [0.25, 0.3) is 0 Å². The molecule has 0 amide bonds. The molecule has 0 N–H and O–H groups in total. The van der Waals surface area contributed by atoms with Crippen LogP contribution in [0.4, 0.5) is 0 Å². The van der Waals surface area contributed by atoms with Crippen molar-refractivity contribution in [1.29, 1.82) is 0 Å². The van der Waals surface area contributed by atoms with Gasteiger partial charge in [-0.15, -0.1) is 0 Å². The molecular weight excluding hydrogens is 296 g/mol. The summed E-state index contributed by atoms with van der Waals surface area (Å²) in [5.74, 6) is -1.77. The molecular formula is C14H22O8. The summed E-state index contributed by atoms with van der Waals surface area (Å²) in [6.07, 6.45) is -3.03. The van der Waals surface area contributed by atoms with E-state index in [1.165, 1.54) is 21.0 Å². The molecule has 2 saturated heterocycles. The normalized spacial score (nSPS) is 34.0. The third-order valence-corrected chi connectivity index (χ3v) is 3.41. The molecule has 0 aliphatic carbocycles. The summed E-state index contributed by atoms with van der Waals surface area (Å²) < 4.78 is 32.7. The van der Waals surface area contributed by atoms with Crippen LogP contribution in [0.1, 0.15) is 27.7 Å². The van der Waals surface area contributed by atoms with E-state index in [2.05, 4.69) is 0 Å². The van der Waals surface area contributed by atoms with Gasteiger partial charge in [0, 0.05) is 21.0 Å². The maximum Gasteiger partial charge on any atom is 0.303 e. The van der Waals surface area contributed by atoms with Gasteiger partial charge in [-0.25, -0.2) is 0 Å². The molecule has 22 heavy (non-hydrogen) atoms. The van der Waals surface area contributed by atoms with Crippen molar-refractivity contribution < 1.29 is 38.0 Å². The minimum Gasteiger partial charge on any atom is -0.462 e. The van der Waals surface area contributed by atoms with E-state index in [1.54, 1.807) is 13.8 Å². The van der Waals surface area contributed by atoms with Gasteiger partial charge in [-0.1, -0.05) is 0 Å². The van der Waals surface area contributed by atoms with Crippen molar-refractivity contribution in [2.45, 2.75) is 64.2 Å². The van der Waals surface area contributed by atoms with Crippen LogP contribution in [0, 0.1) is 0 Å². The van der Waals surface area contributed by atoms with Gasteiger partial charge in [0.25, 0.3) is 0 Å². The third-order valence-electron chi connectivity index (χ3n) is 3.41. The molecule has 0 spiro atoms. The fraction of sp³-hybridized carbons (Fsp3) is 0.857. The molecule has 0 aromatic heterocycles. The van der Waals surface area contributed by atoms with Crippen LogP contribution in [0.5, 0.6) is 0 Å². The lowest BCUT2D eigenvalue weighted by atomic mass is 10.1. The first-order valence-electron chi connectivity index (χ1n) is 7.08. The Bertz CT molecular complexity index is 435. The number of methoxy groups -OCH3 is 1. The highest BCUT2D eigenvalue weighted by Crippen LogP contribution is 2.40. The molecule has 8 nitrogen and oxygen atoms in total. The van der Waals surface area contributed by atoms with Gasteiger partial charge in [0.1, 0.15) is 24.9 Å². The number of carbonyl (C=O) groups excluding carboxylic acids is 2. The first kappa shape index (κ1) is 17.1. The van der Waals surface area contributed by atoms with Crippen molar-refractivity contribution in [3.8, 4) is 0 Å². The zero-order valence-corrected chi connectivity index (χ0v) is 13.4. The van der Waals surface area contributed by atoms with Crippen LogP contribution in [0.15, 0.2) is 0 Å². The Balaban J connectivity index is 2.15. The van der Waals surface area contributed by atoms with E-state index in [0.29, 0.717) is 0 Å². The maximum atomic E-state index is 11.3. The Kier molecular flexibility index (Phi) is 5.06. The number of ether oxygens (including phenoxy) is 6. The Hall–Kier alpha value is -1.22. The molecule has 126 valence electrons. The summed E-state index contributed by atoms with van der Waals surface area (Å²) >= 11 is 0. The predicted octanol–water partition coefficient (Wildman–Crippen LogP) is 0.373. The number of hydrogen-bond donors (Lipinski definition) is 0. The van der Waals surface area contributed by atoms with Gasteiger partial charge in [-0.2, -0.15) is 0 Å². The molecule has 0 saturated carbocycles. The van der Waals surface area contributed by atoms with Gasteiger partial charge < -0.3 is 28.4 Å². The van der Waals surface area contributed by atoms with E-state index < -0.39 is 48.4 Å². The lowest BCUT2D eigenvalue weighted by molar-refractivity contribution is -0.241. The molecule has 2 heterocycles. The van der Waals surface area contributed by atoms with E-state index in [-0.39, 0.29) is 6.61 Å². The summed E-state index contributed by atoms with van der Waals surface area (Å²) in [5.41, 5.74) is 0. The van der Waals surface area contributed by atoms with Crippen molar-refractivity contribution in [3.05, 3.63) is 0 Å². The van der Waals surface area contributed by atoms with Crippen LogP contribution in [0.2, 0.25) is 0 Å². The van der Waals surface area contributed by atoms with Gasteiger partial charge in [0.2, 0.25) is 0 Å².